The number of piperidine rings is 1. The molecule has 2 aliphatic rings. The van der Waals surface area contributed by atoms with Gasteiger partial charge in [0.2, 0.25) is 6.10 Å². The van der Waals surface area contributed by atoms with Crippen LogP contribution in [0, 0.1) is 10.8 Å². The van der Waals surface area contributed by atoms with Crippen LogP contribution in [0.3, 0.4) is 0 Å². The van der Waals surface area contributed by atoms with Crippen LogP contribution in [0.1, 0.15) is 49.5 Å². The second kappa shape index (κ2) is 11.4. The number of guanidine groups is 1. The highest BCUT2D eigenvalue weighted by Gasteiger charge is 2.29. The monoisotopic (exact) mass is 509 g/mol. The molecule has 2 aliphatic heterocycles. The number of ether oxygens (including phenoxy) is 4. The third-order valence-electron chi connectivity index (χ3n) is 6.70. The van der Waals surface area contributed by atoms with Gasteiger partial charge in [-0.2, -0.15) is 0 Å². The summed E-state index contributed by atoms with van der Waals surface area (Å²) in [5, 5.41) is 15.5. The van der Waals surface area contributed by atoms with Gasteiger partial charge in [-0.3, -0.25) is 10.8 Å². The molecule has 1 fully saturated rings. The molecule has 0 aromatic heterocycles. The molecule has 2 heterocycles. The van der Waals surface area contributed by atoms with E-state index in [1.165, 1.54) is 0 Å². The van der Waals surface area contributed by atoms with Crippen LogP contribution in [0.2, 0.25) is 0 Å². The third kappa shape index (κ3) is 6.07. The number of hydrogen-bond acceptors (Lipinski definition) is 7. The van der Waals surface area contributed by atoms with Crippen LogP contribution in [0.25, 0.3) is 0 Å². The van der Waals surface area contributed by atoms with Crippen LogP contribution in [0.15, 0.2) is 36.4 Å². The van der Waals surface area contributed by atoms with Gasteiger partial charge in [0.1, 0.15) is 11.9 Å². The Kier molecular flexibility index (Phi) is 8.05. The van der Waals surface area contributed by atoms with Crippen LogP contribution in [-0.2, 0) is 22.6 Å². The van der Waals surface area contributed by atoms with Gasteiger partial charge in [0, 0.05) is 44.6 Å². The van der Waals surface area contributed by atoms with Crippen LogP contribution >= 0.6 is 0 Å². The normalized spacial score (nSPS) is 16.1. The first-order valence-electron chi connectivity index (χ1n) is 12.5. The Morgan fingerprint density at radius 3 is 2.22 bits per heavy atom. The highest BCUT2D eigenvalue weighted by molar-refractivity contribution is 5.78. The van der Waals surface area contributed by atoms with E-state index in [4.69, 9.17) is 35.5 Å². The van der Waals surface area contributed by atoms with Gasteiger partial charge < -0.3 is 34.5 Å². The molecule has 4 N–H and O–H groups in total. The first-order chi connectivity index (χ1) is 17.8. The summed E-state index contributed by atoms with van der Waals surface area (Å²) in [5.41, 5.74) is 8.26. The van der Waals surface area contributed by atoms with Gasteiger partial charge in [-0.05, 0) is 49.2 Å². The summed E-state index contributed by atoms with van der Waals surface area (Å²) in [5.74, 6) is 1.71. The molecule has 10 heteroatoms. The van der Waals surface area contributed by atoms with E-state index in [-0.39, 0.29) is 18.7 Å². The summed E-state index contributed by atoms with van der Waals surface area (Å²) in [7, 11) is 1.55. The smallest absolute Gasteiger partial charge is 0.352 e. The zero-order valence-corrected chi connectivity index (χ0v) is 21.6. The van der Waals surface area contributed by atoms with E-state index in [0.29, 0.717) is 36.0 Å². The minimum atomic E-state index is -0.995. The number of esters is 1. The van der Waals surface area contributed by atoms with E-state index >= 15 is 0 Å². The number of carbonyl (C=O) groups is 1. The number of carbonyl (C=O) groups excluding carboxylic acids is 1. The second-order valence-electron chi connectivity index (χ2n) is 9.22. The molecule has 2 aromatic carbocycles. The van der Waals surface area contributed by atoms with E-state index in [2.05, 4.69) is 4.90 Å². The maximum absolute atomic E-state index is 12.9. The van der Waals surface area contributed by atoms with Crippen LogP contribution in [0.5, 0.6) is 17.2 Å². The van der Waals surface area contributed by atoms with Crippen molar-refractivity contribution >= 4 is 17.8 Å². The number of likely N-dealkylation sites (tertiary alicyclic amines) is 1. The van der Waals surface area contributed by atoms with Crippen molar-refractivity contribution in [3.8, 4) is 17.2 Å². The summed E-state index contributed by atoms with van der Waals surface area (Å²) in [6, 6.07) is 11.0. The molecule has 4 rings (SSSR count). The molecule has 37 heavy (non-hydrogen) atoms. The minimum Gasteiger partial charge on any atom is -0.493 e. The Morgan fingerprint density at radius 1 is 1.05 bits per heavy atom. The maximum Gasteiger partial charge on any atom is 0.352 e. The number of amidine groups is 1. The lowest BCUT2D eigenvalue weighted by Gasteiger charge is -2.32. The molecule has 0 radical (unpaired) electrons. The molecule has 0 aliphatic carbocycles. The number of nitrogens with two attached hydrogens (primary N) is 1. The average Bonchev–Trinajstić information content (AvgIpc) is 3.31. The third-order valence-corrected chi connectivity index (χ3v) is 6.70. The van der Waals surface area contributed by atoms with Gasteiger partial charge in [-0.1, -0.05) is 12.1 Å². The summed E-state index contributed by atoms with van der Waals surface area (Å²) in [6.07, 6.45) is 0.797. The number of fused-ring (bicyclic) bond motifs is 1. The number of hydrogen-bond donors (Lipinski definition) is 3. The fraction of sp³-hybridized carbons (Fsp3) is 0.444. The van der Waals surface area contributed by atoms with Crippen molar-refractivity contribution in [2.75, 3.05) is 26.8 Å². The Bertz CT molecular complexity index is 1140. The molecule has 2 aromatic rings. The molecule has 198 valence electrons. The Balaban J connectivity index is 1.50. The minimum absolute atomic E-state index is 0.000248. The van der Waals surface area contributed by atoms with Crippen molar-refractivity contribution < 1.29 is 23.7 Å². The van der Waals surface area contributed by atoms with Crippen molar-refractivity contribution in [3.05, 3.63) is 53.1 Å². The van der Waals surface area contributed by atoms with Crippen molar-refractivity contribution in [2.24, 2.45) is 5.73 Å². The van der Waals surface area contributed by atoms with Crippen LogP contribution in [-0.4, -0.2) is 60.5 Å². The molecule has 10 nitrogen and oxygen atoms in total. The van der Waals surface area contributed by atoms with E-state index in [1.54, 1.807) is 25.9 Å². The number of nitrogens with zero attached hydrogens (tertiary/aromatic N) is 2. The molecule has 0 amide bonds. The average molecular weight is 510 g/mol. The fourth-order valence-corrected chi connectivity index (χ4v) is 4.65. The zero-order chi connectivity index (χ0) is 26.5. The largest absolute Gasteiger partial charge is 0.493 e. The van der Waals surface area contributed by atoms with Crippen molar-refractivity contribution in [1.82, 2.24) is 9.80 Å². The molecule has 0 saturated carbocycles. The van der Waals surface area contributed by atoms with Gasteiger partial charge in [0.15, 0.2) is 17.5 Å². The van der Waals surface area contributed by atoms with Crippen molar-refractivity contribution in [1.29, 1.82) is 10.8 Å². The first kappa shape index (κ1) is 26.1. The van der Waals surface area contributed by atoms with E-state index in [0.717, 1.165) is 42.8 Å². The molecule has 1 saturated heterocycles. The second-order valence-corrected chi connectivity index (χ2v) is 9.22. The van der Waals surface area contributed by atoms with Gasteiger partial charge in [0.25, 0.3) is 0 Å². The van der Waals surface area contributed by atoms with E-state index in [9.17, 15) is 4.79 Å². The molecule has 0 bridgehead atoms. The van der Waals surface area contributed by atoms with Crippen molar-refractivity contribution in [3.63, 3.8) is 0 Å². The SMILES string of the molecule is CCOC(=O)C(Oc1cc2c(cc1OC)CN(C(=N)N)C2)c1ccc(OC2CCN(C(C)=N)CC2)cc1. The summed E-state index contributed by atoms with van der Waals surface area (Å²) >= 11 is 0. The summed E-state index contributed by atoms with van der Waals surface area (Å²) in [4.78, 5) is 16.7. The maximum atomic E-state index is 12.9. The standard InChI is InChI=1S/C27H35N5O5/c1-4-35-26(33)25(37-24-14-20-16-32(27(29)30)15-19(20)13-23(24)34-3)18-5-7-21(8-6-18)36-22-9-11-31(12-10-22)17(2)28/h5-8,13-14,22,25,28H,4,9-12,15-16H2,1-3H3,(H3,29,30). The highest BCUT2D eigenvalue weighted by Crippen LogP contribution is 2.38. The molecular weight excluding hydrogens is 474 g/mol. The zero-order valence-electron chi connectivity index (χ0n) is 21.6. The lowest BCUT2D eigenvalue weighted by atomic mass is 10.1. The molecular formula is C27H35N5O5. The Hall–Kier alpha value is -3.95. The number of methoxy groups -OCH3 is 1. The van der Waals surface area contributed by atoms with Crippen LogP contribution in [0.4, 0.5) is 0 Å². The number of rotatable bonds is 8. The van der Waals surface area contributed by atoms with Gasteiger partial charge in [0.05, 0.1) is 19.6 Å². The topological polar surface area (TPSA) is 134 Å². The van der Waals surface area contributed by atoms with Gasteiger partial charge in [-0.15, -0.1) is 0 Å². The van der Waals surface area contributed by atoms with E-state index < -0.39 is 12.1 Å². The summed E-state index contributed by atoms with van der Waals surface area (Å²) < 4.78 is 23.2. The predicted molar refractivity (Wildman–Crippen MR) is 139 cm³/mol. The van der Waals surface area contributed by atoms with Gasteiger partial charge >= 0.3 is 5.97 Å². The summed E-state index contributed by atoms with van der Waals surface area (Å²) in [6.45, 7) is 6.41. The Labute approximate surface area is 217 Å². The molecule has 0 spiro atoms. The molecule has 1 unspecified atom stereocenters. The predicted octanol–water partition coefficient (Wildman–Crippen LogP) is 3.43. The first-order valence-corrected chi connectivity index (χ1v) is 12.5. The Morgan fingerprint density at radius 2 is 1.68 bits per heavy atom. The quantitative estimate of drug-likeness (QED) is 0.280. The fourth-order valence-electron chi connectivity index (χ4n) is 4.65. The lowest BCUT2D eigenvalue weighted by molar-refractivity contribution is -0.151. The lowest BCUT2D eigenvalue weighted by Crippen LogP contribution is -2.40. The number of benzene rings is 2. The molecule has 1 atom stereocenters. The van der Waals surface area contributed by atoms with Crippen molar-refractivity contribution in [2.45, 2.75) is 52.0 Å². The highest BCUT2D eigenvalue weighted by atomic mass is 16.6. The van der Waals surface area contributed by atoms with E-state index in [1.807, 2.05) is 36.4 Å². The van der Waals surface area contributed by atoms with Gasteiger partial charge in [-0.25, -0.2) is 4.79 Å². The number of nitrogens with one attached hydrogen (secondary N) is 2. The van der Waals surface area contributed by atoms with Crippen LogP contribution < -0.4 is 19.9 Å².